The van der Waals surface area contributed by atoms with Crippen molar-refractivity contribution in [2.45, 2.75) is 0 Å². The molecule has 0 amide bonds. The van der Waals surface area contributed by atoms with Crippen molar-refractivity contribution in [1.29, 1.82) is 0 Å². The maximum absolute atomic E-state index is 5.33. The first kappa shape index (κ1) is 34.5. The third-order valence-electron chi connectivity index (χ3n) is 12.7. The van der Waals surface area contributed by atoms with Crippen molar-refractivity contribution in [2.75, 3.05) is 0 Å². The van der Waals surface area contributed by atoms with E-state index in [0.717, 1.165) is 60.9 Å². The monoisotopic (exact) mass is 788 g/mol. The molecule has 0 aliphatic rings. The molecule has 3 heterocycles. The fraction of sp³-hybridized carbons (Fsp3) is 0. The van der Waals surface area contributed by atoms with Gasteiger partial charge in [0.1, 0.15) is 0 Å². The zero-order valence-electron chi connectivity index (χ0n) is 33.6. The largest absolute Gasteiger partial charge is 0.309 e. The van der Waals surface area contributed by atoms with Crippen LogP contribution >= 0.6 is 0 Å². The number of fused-ring (bicyclic) bond motifs is 10. The first-order chi connectivity index (χ1) is 30.7. The number of hydrogen-bond acceptors (Lipinski definition) is 2. The maximum Gasteiger partial charge on any atom is 0.160 e. The minimum Gasteiger partial charge on any atom is -0.309 e. The molecule has 13 rings (SSSR count). The molecule has 0 aliphatic heterocycles. The highest BCUT2D eigenvalue weighted by Crippen LogP contribution is 2.42. The fourth-order valence-electron chi connectivity index (χ4n) is 9.84. The Bertz CT molecular complexity index is 3910. The topological polar surface area (TPSA) is 35.6 Å². The lowest BCUT2D eigenvalue weighted by Gasteiger charge is -2.13. The number of aromatic nitrogens is 4. The summed E-state index contributed by atoms with van der Waals surface area (Å²) in [6.45, 7) is 0. The van der Waals surface area contributed by atoms with Crippen LogP contribution in [0.15, 0.2) is 218 Å². The number of para-hydroxylation sites is 3. The maximum atomic E-state index is 5.33. The van der Waals surface area contributed by atoms with Gasteiger partial charge < -0.3 is 9.13 Å². The SMILES string of the molecule is c1ccc(-n2c3ccccc3c3cc(-c4cccc5c4c4ccccc4n5-c4ccc(-c5nc(-c6ccc7ccccc7c6)c6ccc7ccccc7c6n5)cc4)ccc32)cc1. The third-order valence-corrected chi connectivity index (χ3v) is 12.7. The zero-order valence-corrected chi connectivity index (χ0v) is 33.6. The molecule has 4 nitrogen and oxygen atoms in total. The highest BCUT2D eigenvalue weighted by molar-refractivity contribution is 6.17. The third kappa shape index (κ3) is 5.27. The molecule has 0 radical (unpaired) electrons. The second-order valence-electron chi connectivity index (χ2n) is 16.2. The van der Waals surface area contributed by atoms with Gasteiger partial charge in [-0.25, -0.2) is 9.97 Å². The Balaban J connectivity index is 0.962. The van der Waals surface area contributed by atoms with E-state index in [0.29, 0.717) is 5.82 Å². The molecule has 10 aromatic carbocycles. The molecule has 0 atom stereocenters. The Morgan fingerprint density at radius 1 is 0.306 bits per heavy atom. The summed E-state index contributed by atoms with van der Waals surface area (Å²) in [5.41, 5.74) is 13.3. The zero-order chi connectivity index (χ0) is 40.7. The van der Waals surface area contributed by atoms with E-state index in [1.165, 1.54) is 54.5 Å². The Morgan fingerprint density at radius 2 is 0.903 bits per heavy atom. The van der Waals surface area contributed by atoms with Crippen LogP contribution in [-0.4, -0.2) is 19.1 Å². The Kier molecular flexibility index (Phi) is 7.57. The van der Waals surface area contributed by atoms with Gasteiger partial charge in [-0.15, -0.1) is 0 Å². The molecule has 0 unspecified atom stereocenters. The summed E-state index contributed by atoms with van der Waals surface area (Å²) in [6, 6.07) is 78.6. The molecular weight excluding hydrogens is 753 g/mol. The molecule has 3 aromatic heterocycles. The molecule has 0 saturated carbocycles. The molecule has 0 saturated heterocycles. The first-order valence-corrected chi connectivity index (χ1v) is 21.2. The second kappa shape index (κ2) is 13.6. The van der Waals surface area contributed by atoms with E-state index in [4.69, 9.17) is 9.97 Å². The van der Waals surface area contributed by atoms with Crippen molar-refractivity contribution in [2.24, 2.45) is 0 Å². The van der Waals surface area contributed by atoms with Gasteiger partial charge in [0.05, 0.1) is 33.3 Å². The Hall–Kier alpha value is -8.34. The van der Waals surface area contributed by atoms with Gasteiger partial charge in [0.15, 0.2) is 5.82 Å². The molecule has 62 heavy (non-hydrogen) atoms. The molecule has 0 N–H and O–H groups in total. The van der Waals surface area contributed by atoms with Crippen molar-refractivity contribution >= 4 is 76.1 Å². The van der Waals surface area contributed by atoms with Crippen LogP contribution in [0.1, 0.15) is 0 Å². The van der Waals surface area contributed by atoms with E-state index in [9.17, 15) is 0 Å². The van der Waals surface area contributed by atoms with Crippen molar-refractivity contribution in [1.82, 2.24) is 19.1 Å². The Labute approximate surface area is 357 Å². The second-order valence-corrected chi connectivity index (χ2v) is 16.2. The van der Waals surface area contributed by atoms with E-state index in [1.54, 1.807) is 0 Å². The normalized spacial score (nSPS) is 11.9. The average Bonchev–Trinajstić information content (AvgIpc) is 3.86. The van der Waals surface area contributed by atoms with Gasteiger partial charge in [-0.1, -0.05) is 140 Å². The molecule has 13 aromatic rings. The van der Waals surface area contributed by atoms with Crippen LogP contribution in [0.5, 0.6) is 0 Å². The smallest absolute Gasteiger partial charge is 0.160 e. The van der Waals surface area contributed by atoms with Gasteiger partial charge in [0.2, 0.25) is 0 Å². The van der Waals surface area contributed by atoms with Crippen LogP contribution in [0.25, 0.3) is 121 Å². The molecule has 0 aliphatic carbocycles. The minimum absolute atomic E-state index is 0.706. The van der Waals surface area contributed by atoms with Crippen molar-refractivity contribution in [3.8, 4) is 45.1 Å². The Morgan fingerprint density at radius 3 is 1.74 bits per heavy atom. The van der Waals surface area contributed by atoms with E-state index >= 15 is 0 Å². The van der Waals surface area contributed by atoms with Gasteiger partial charge in [-0.3, -0.25) is 0 Å². The summed E-state index contributed by atoms with van der Waals surface area (Å²) in [7, 11) is 0. The van der Waals surface area contributed by atoms with Crippen molar-refractivity contribution in [3.63, 3.8) is 0 Å². The van der Waals surface area contributed by atoms with E-state index in [1.807, 2.05) is 0 Å². The standard InChI is InChI=1S/C58H36N4/c1-2-16-43(17-3-1)61-51-22-10-8-19-47(51)50-36-41(30-34-53(50)61)45-21-12-24-54-55(45)48-20-9-11-23-52(48)62(54)44-31-27-39(28-32-44)58-59-56(42-26-25-37-13-4-5-15-40(37)35-42)49-33-29-38-14-6-7-18-46(38)57(49)60-58/h1-36H. The predicted octanol–water partition coefficient (Wildman–Crippen LogP) is 15.1. The lowest BCUT2D eigenvalue weighted by molar-refractivity contribution is 1.17. The van der Waals surface area contributed by atoms with Crippen molar-refractivity contribution < 1.29 is 0 Å². The molecule has 4 heteroatoms. The van der Waals surface area contributed by atoms with Gasteiger partial charge in [-0.2, -0.15) is 0 Å². The predicted molar refractivity (Wildman–Crippen MR) is 260 cm³/mol. The van der Waals surface area contributed by atoms with Crippen LogP contribution in [0.4, 0.5) is 0 Å². The van der Waals surface area contributed by atoms with Gasteiger partial charge in [0, 0.05) is 54.8 Å². The van der Waals surface area contributed by atoms with Crippen LogP contribution in [0.3, 0.4) is 0 Å². The summed E-state index contributed by atoms with van der Waals surface area (Å²) >= 11 is 0. The number of rotatable bonds is 5. The molecule has 0 bridgehead atoms. The quantitative estimate of drug-likeness (QED) is 0.163. The summed E-state index contributed by atoms with van der Waals surface area (Å²) in [6.07, 6.45) is 0. The summed E-state index contributed by atoms with van der Waals surface area (Å²) < 4.78 is 4.77. The van der Waals surface area contributed by atoms with E-state index in [-0.39, 0.29) is 0 Å². The number of benzene rings is 10. The number of hydrogen-bond donors (Lipinski definition) is 0. The van der Waals surface area contributed by atoms with Gasteiger partial charge >= 0.3 is 0 Å². The molecule has 0 fully saturated rings. The lowest BCUT2D eigenvalue weighted by Crippen LogP contribution is -1.97. The average molecular weight is 789 g/mol. The molecular formula is C58H36N4. The van der Waals surface area contributed by atoms with E-state index in [2.05, 4.69) is 228 Å². The van der Waals surface area contributed by atoms with Crippen LogP contribution in [0, 0.1) is 0 Å². The lowest BCUT2D eigenvalue weighted by atomic mass is 9.98. The molecule has 0 spiro atoms. The molecule has 288 valence electrons. The first-order valence-electron chi connectivity index (χ1n) is 21.2. The van der Waals surface area contributed by atoms with Crippen LogP contribution < -0.4 is 0 Å². The summed E-state index contributed by atoms with van der Waals surface area (Å²) in [5.74, 6) is 0.706. The van der Waals surface area contributed by atoms with Crippen LogP contribution in [-0.2, 0) is 0 Å². The van der Waals surface area contributed by atoms with Gasteiger partial charge in [0.25, 0.3) is 0 Å². The highest BCUT2D eigenvalue weighted by atomic mass is 15.0. The van der Waals surface area contributed by atoms with Crippen LogP contribution in [0.2, 0.25) is 0 Å². The highest BCUT2D eigenvalue weighted by Gasteiger charge is 2.19. The minimum atomic E-state index is 0.706. The van der Waals surface area contributed by atoms with E-state index < -0.39 is 0 Å². The summed E-state index contributed by atoms with van der Waals surface area (Å²) in [4.78, 5) is 10.6. The summed E-state index contributed by atoms with van der Waals surface area (Å²) in [5, 5.41) is 10.7. The number of nitrogens with zero attached hydrogens (tertiary/aromatic N) is 4. The fourth-order valence-corrected chi connectivity index (χ4v) is 9.84. The van der Waals surface area contributed by atoms with Crippen molar-refractivity contribution in [3.05, 3.63) is 218 Å². The van der Waals surface area contributed by atoms with Gasteiger partial charge in [-0.05, 0) is 106 Å².